The number of hydrogen-bond acceptors (Lipinski definition) is 3. The zero-order chi connectivity index (χ0) is 66.1. The number of nitriles is 1. The van der Waals surface area contributed by atoms with Gasteiger partial charge in [-0.25, -0.2) is 0 Å². The van der Waals surface area contributed by atoms with Gasteiger partial charge in [-0.15, -0.1) is 0 Å². The monoisotopic (exact) mass is 1160 g/mol. The van der Waals surface area contributed by atoms with Gasteiger partial charge in [0.05, 0.1) is 34.9 Å². The first-order valence-corrected chi connectivity index (χ1v) is 31.2. The maximum Gasteiger partial charge on any atom is 0.252 e. The maximum absolute atomic E-state index is 12.2. The lowest BCUT2D eigenvalue weighted by Gasteiger charge is -2.46. The fourth-order valence-corrected chi connectivity index (χ4v) is 13.8. The molecule has 3 heterocycles. The standard InChI is InChI=1S/C85H71BN4/c1-83(2,3)64-45-63(46-65(51-64)84(4,5)6)62-38-42-72-79(50-62)90(76-43-39-59(55-25-14-10-15-26-55)47-68(76)58-31-20-13-21-32-58)81-53-66(85(7,8)9)52-80-82(81)86(72)71-41-37-61(57-29-18-12-19-30-57)49-78(71)89(80)75-36-24-35-74(70(75)54-87)88-73-34-23-22-33-67(73)69-48-60(40-44-77(69)88)56-27-16-11-17-28-56/h10-53H,1-9H3/i12D,18D,19D,29D,30D. The van der Waals surface area contributed by atoms with E-state index in [0.717, 1.165) is 117 Å². The van der Waals surface area contributed by atoms with Gasteiger partial charge in [0.1, 0.15) is 11.6 Å². The summed E-state index contributed by atoms with van der Waals surface area (Å²) in [6.07, 6.45) is 0. The highest BCUT2D eigenvalue weighted by Crippen LogP contribution is 2.51. The lowest BCUT2D eigenvalue weighted by atomic mass is 9.33. The maximum atomic E-state index is 12.2. The molecule has 0 radical (unpaired) electrons. The van der Waals surface area contributed by atoms with E-state index >= 15 is 0 Å². The van der Waals surface area contributed by atoms with E-state index < -0.39 is 30.3 Å². The summed E-state index contributed by atoms with van der Waals surface area (Å²) >= 11 is 0. The Morgan fingerprint density at radius 3 is 1.41 bits per heavy atom. The van der Waals surface area contributed by atoms with Crippen LogP contribution in [0.3, 0.4) is 0 Å². The van der Waals surface area contributed by atoms with E-state index in [0.29, 0.717) is 22.5 Å². The first-order chi connectivity index (χ1) is 45.6. The molecule has 0 fully saturated rings. The van der Waals surface area contributed by atoms with Crippen molar-refractivity contribution >= 4 is 79.0 Å². The largest absolute Gasteiger partial charge is 0.311 e. The van der Waals surface area contributed by atoms with Crippen molar-refractivity contribution in [2.75, 3.05) is 9.80 Å². The van der Waals surface area contributed by atoms with Crippen molar-refractivity contribution in [3.8, 4) is 67.4 Å². The van der Waals surface area contributed by atoms with Crippen LogP contribution in [0, 0.1) is 11.3 Å². The fraction of sp³-hybridized carbons (Fsp3) is 0.141. The third kappa shape index (κ3) is 9.53. The highest BCUT2D eigenvalue weighted by atomic mass is 15.2. The van der Waals surface area contributed by atoms with Gasteiger partial charge in [-0.2, -0.15) is 5.26 Å². The summed E-state index contributed by atoms with van der Waals surface area (Å²) in [5.41, 5.74) is 23.5. The second-order valence-corrected chi connectivity index (χ2v) is 27.3. The summed E-state index contributed by atoms with van der Waals surface area (Å²) in [4.78, 5) is 4.74. The fourth-order valence-electron chi connectivity index (χ4n) is 13.8. The Bertz CT molecular complexity index is 5280. The van der Waals surface area contributed by atoms with Crippen molar-refractivity contribution in [2.24, 2.45) is 0 Å². The van der Waals surface area contributed by atoms with Gasteiger partial charge in [-0.05, 0) is 166 Å². The van der Waals surface area contributed by atoms with Crippen molar-refractivity contribution in [1.29, 1.82) is 5.26 Å². The number of rotatable bonds is 8. The Balaban J connectivity index is 1.06. The van der Waals surface area contributed by atoms with Crippen LogP contribution in [-0.2, 0) is 16.2 Å². The molecular weight excluding hydrogens is 1090 g/mol. The Labute approximate surface area is 537 Å². The van der Waals surface area contributed by atoms with Crippen LogP contribution in [-0.4, -0.2) is 11.3 Å². The second-order valence-electron chi connectivity index (χ2n) is 27.3. The van der Waals surface area contributed by atoms with Crippen LogP contribution in [0.25, 0.3) is 83.1 Å². The molecule has 0 unspecified atom stereocenters. The predicted molar refractivity (Wildman–Crippen MR) is 383 cm³/mol. The van der Waals surface area contributed by atoms with Crippen LogP contribution in [0.15, 0.2) is 267 Å². The molecule has 12 aromatic carbocycles. The lowest BCUT2D eigenvalue weighted by Crippen LogP contribution is -2.61. The minimum absolute atomic E-state index is 0.0995. The molecule has 0 N–H and O–H groups in total. The van der Waals surface area contributed by atoms with Crippen molar-refractivity contribution in [3.63, 3.8) is 0 Å². The molecule has 0 amide bonds. The molecule has 2 aliphatic rings. The van der Waals surface area contributed by atoms with Crippen LogP contribution in [0.5, 0.6) is 0 Å². The number of hydrogen-bond donors (Lipinski definition) is 0. The smallest absolute Gasteiger partial charge is 0.252 e. The average Bonchev–Trinajstić information content (AvgIpc) is 1.13. The number of nitrogens with zero attached hydrogens (tertiary/aromatic N) is 4. The third-order valence-electron chi connectivity index (χ3n) is 18.5. The molecule has 0 aliphatic carbocycles. The molecular formula is C85H71BN4. The quantitative estimate of drug-likeness (QED) is 0.142. The molecule has 0 atom stereocenters. The molecule has 0 saturated heterocycles. The molecule has 15 rings (SSSR count). The molecule has 5 heteroatoms. The van der Waals surface area contributed by atoms with Crippen LogP contribution in [0.4, 0.5) is 34.1 Å². The van der Waals surface area contributed by atoms with Crippen molar-refractivity contribution in [3.05, 3.63) is 289 Å². The van der Waals surface area contributed by atoms with Crippen LogP contribution in [0.2, 0.25) is 0 Å². The Morgan fingerprint density at radius 2 is 0.822 bits per heavy atom. The average molecular weight is 1160 g/mol. The molecule has 434 valence electrons. The Morgan fingerprint density at radius 1 is 0.344 bits per heavy atom. The van der Waals surface area contributed by atoms with E-state index in [4.69, 9.17) is 4.11 Å². The van der Waals surface area contributed by atoms with E-state index in [-0.39, 0.29) is 28.5 Å². The lowest BCUT2D eigenvalue weighted by molar-refractivity contribution is 0.569. The summed E-state index contributed by atoms with van der Waals surface area (Å²) in [6, 6.07) is 85.4. The van der Waals surface area contributed by atoms with Gasteiger partial charge in [0.25, 0.3) is 6.71 Å². The summed E-state index contributed by atoms with van der Waals surface area (Å²) in [6.45, 7) is 20.1. The molecule has 13 aromatic rings. The van der Waals surface area contributed by atoms with Gasteiger partial charge in [0, 0.05) is 39.1 Å². The molecule has 1 aromatic heterocycles. The van der Waals surface area contributed by atoms with Gasteiger partial charge in [0.2, 0.25) is 0 Å². The van der Waals surface area contributed by atoms with Gasteiger partial charge in [-0.1, -0.05) is 262 Å². The van der Waals surface area contributed by atoms with Gasteiger partial charge in [0.15, 0.2) is 0 Å². The van der Waals surface area contributed by atoms with E-state index in [1.165, 1.54) is 11.1 Å². The van der Waals surface area contributed by atoms with Crippen LogP contribution < -0.4 is 26.2 Å². The molecule has 0 spiro atoms. The van der Waals surface area contributed by atoms with Crippen LogP contribution >= 0.6 is 0 Å². The number of anilines is 6. The SMILES string of the molecule is [2H]c1c([2H])c([2H])c(-c2ccc3c(c2)N(c2cccc(-n4c5ccccc5c5cc(-c6ccccc6)ccc54)c2C#N)c2cc(C(C)(C)C)cc4c2B3c2ccc(-c3cc(C(C)(C)C)cc(C(C)(C)C)c3)cc2N4c2ccc(-c3ccccc3)cc2-c2ccccc2)c([2H])c1[2H]. The van der Waals surface area contributed by atoms with E-state index in [9.17, 15) is 8.00 Å². The van der Waals surface area contributed by atoms with Crippen LogP contribution in [0.1, 0.15) is 91.4 Å². The Kier molecular flexibility index (Phi) is 12.0. The molecule has 0 bridgehead atoms. The second kappa shape index (κ2) is 21.4. The predicted octanol–water partition coefficient (Wildman–Crippen LogP) is 21.0. The number of para-hydroxylation sites is 1. The van der Waals surface area contributed by atoms with Crippen molar-refractivity contribution in [2.45, 2.75) is 78.6 Å². The number of benzene rings is 12. The first-order valence-electron chi connectivity index (χ1n) is 33.7. The van der Waals surface area contributed by atoms with Gasteiger partial charge >= 0.3 is 0 Å². The van der Waals surface area contributed by atoms with Gasteiger partial charge in [-0.3, -0.25) is 0 Å². The zero-order valence-electron chi connectivity index (χ0n) is 57.4. The normalized spacial score (nSPS) is 13.6. The molecule has 0 saturated carbocycles. The van der Waals surface area contributed by atoms with E-state index in [1.54, 1.807) is 0 Å². The van der Waals surface area contributed by atoms with Gasteiger partial charge < -0.3 is 14.4 Å². The highest BCUT2D eigenvalue weighted by Gasteiger charge is 2.45. The van der Waals surface area contributed by atoms with Crippen molar-refractivity contribution in [1.82, 2.24) is 4.57 Å². The summed E-state index contributed by atoms with van der Waals surface area (Å²) < 4.78 is 47.6. The Hall–Kier alpha value is -10.4. The van der Waals surface area contributed by atoms with Crippen molar-refractivity contribution < 1.29 is 6.85 Å². The molecule has 2 aliphatic heterocycles. The first kappa shape index (κ1) is 50.6. The minimum atomic E-state index is -0.455. The summed E-state index contributed by atoms with van der Waals surface area (Å²) in [5.74, 6) is 0. The topological polar surface area (TPSA) is 35.2 Å². The number of fused-ring (bicyclic) bond motifs is 7. The summed E-state index contributed by atoms with van der Waals surface area (Å²) in [5, 5.41) is 14.3. The molecule has 90 heavy (non-hydrogen) atoms. The number of aromatic nitrogens is 1. The minimum Gasteiger partial charge on any atom is -0.311 e. The van der Waals surface area contributed by atoms with E-state index in [1.807, 2.05) is 36.4 Å². The van der Waals surface area contributed by atoms with E-state index in [2.05, 4.69) is 283 Å². The summed E-state index contributed by atoms with van der Waals surface area (Å²) in [7, 11) is 0. The molecule has 4 nitrogen and oxygen atoms in total. The highest BCUT2D eigenvalue weighted by molar-refractivity contribution is 7.00. The third-order valence-corrected chi connectivity index (χ3v) is 18.5. The zero-order valence-corrected chi connectivity index (χ0v) is 52.4.